The number of carbonyl (C=O) groups excluding carboxylic acids is 4. The highest BCUT2D eigenvalue weighted by molar-refractivity contribution is 6.08. The zero-order chi connectivity index (χ0) is 21.2. The molecular weight excluding hydrogens is 374 g/mol. The van der Waals surface area contributed by atoms with Gasteiger partial charge in [-0.15, -0.1) is 0 Å². The Kier molecular flexibility index (Phi) is 6.19. The summed E-state index contributed by atoms with van der Waals surface area (Å²) in [6.45, 7) is 6.81. The highest BCUT2D eigenvalue weighted by Crippen LogP contribution is 2.46. The Hall–Kier alpha value is -2.12. The van der Waals surface area contributed by atoms with Crippen LogP contribution in [0.2, 0.25) is 0 Å². The van der Waals surface area contributed by atoms with Crippen molar-refractivity contribution in [2.75, 3.05) is 26.2 Å². The molecule has 3 fully saturated rings. The van der Waals surface area contributed by atoms with Crippen LogP contribution in [0.15, 0.2) is 0 Å². The molecule has 0 aromatic heterocycles. The van der Waals surface area contributed by atoms with Gasteiger partial charge in [-0.25, -0.2) is 4.79 Å². The predicted octanol–water partition coefficient (Wildman–Crippen LogP) is 2.07. The summed E-state index contributed by atoms with van der Waals surface area (Å²) in [6.07, 6.45) is 6.23. The normalized spacial score (nSPS) is 29.6. The summed E-state index contributed by atoms with van der Waals surface area (Å²) < 4.78 is 5.09. The topological polar surface area (TPSA) is 96.0 Å². The summed E-state index contributed by atoms with van der Waals surface area (Å²) in [7, 11) is 0. The minimum absolute atomic E-state index is 0.0727. The first-order valence-electron chi connectivity index (χ1n) is 10.7. The summed E-state index contributed by atoms with van der Waals surface area (Å²) in [6, 6.07) is -0.560. The second kappa shape index (κ2) is 8.32. The van der Waals surface area contributed by atoms with Crippen LogP contribution < -0.4 is 5.32 Å². The Morgan fingerprint density at radius 1 is 1.10 bits per heavy atom. The number of amides is 4. The lowest BCUT2D eigenvalue weighted by atomic mass is 9.64. The van der Waals surface area contributed by atoms with Gasteiger partial charge in [-0.05, 0) is 43.4 Å². The van der Waals surface area contributed by atoms with E-state index >= 15 is 0 Å². The summed E-state index contributed by atoms with van der Waals surface area (Å²) in [4.78, 5) is 52.6. The molecule has 2 aliphatic heterocycles. The second-order valence-corrected chi connectivity index (χ2v) is 9.71. The van der Waals surface area contributed by atoms with E-state index in [4.69, 9.17) is 4.74 Å². The molecule has 8 heteroatoms. The fourth-order valence-electron chi connectivity index (χ4n) is 5.38. The van der Waals surface area contributed by atoms with Crippen molar-refractivity contribution in [3.63, 3.8) is 0 Å². The van der Waals surface area contributed by atoms with Gasteiger partial charge in [0.15, 0.2) is 6.61 Å². The van der Waals surface area contributed by atoms with Gasteiger partial charge >= 0.3 is 12.0 Å². The predicted molar refractivity (Wildman–Crippen MR) is 106 cm³/mol. The smallest absolute Gasteiger partial charge is 0.326 e. The standard InChI is InChI=1S/C21H33N3O5/c1-15-10-20(2,3)14-21(11-15)18(27)24(19(28)22-21)12-17(26)29-13-16(25)23-8-6-4-5-7-9-23/h15H,4-14H2,1-3H3,(H,22,28). The maximum atomic E-state index is 13.0. The third-order valence-corrected chi connectivity index (χ3v) is 6.23. The Morgan fingerprint density at radius 2 is 1.76 bits per heavy atom. The van der Waals surface area contributed by atoms with Crippen LogP contribution in [-0.2, 0) is 19.1 Å². The van der Waals surface area contributed by atoms with E-state index in [0.717, 1.165) is 37.0 Å². The zero-order valence-electron chi connectivity index (χ0n) is 17.8. The molecule has 1 spiro atoms. The van der Waals surface area contributed by atoms with Crippen LogP contribution in [0.25, 0.3) is 0 Å². The van der Waals surface area contributed by atoms with E-state index in [9.17, 15) is 19.2 Å². The fourth-order valence-corrected chi connectivity index (χ4v) is 5.38. The lowest BCUT2D eigenvalue weighted by Gasteiger charge is -2.43. The number of nitrogens with zero attached hydrogens (tertiary/aromatic N) is 2. The molecule has 2 saturated heterocycles. The Balaban J connectivity index is 1.55. The van der Waals surface area contributed by atoms with Gasteiger partial charge in [-0.2, -0.15) is 0 Å². The average Bonchev–Trinajstić information content (AvgIpc) is 2.83. The quantitative estimate of drug-likeness (QED) is 0.568. The number of carbonyl (C=O) groups is 4. The number of likely N-dealkylation sites (tertiary alicyclic amines) is 1. The van der Waals surface area contributed by atoms with Gasteiger partial charge < -0.3 is 15.0 Å². The van der Waals surface area contributed by atoms with Crippen LogP contribution in [-0.4, -0.2) is 65.4 Å². The van der Waals surface area contributed by atoms with E-state index in [2.05, 4.69) is 26.1 Å². The number of hydrogen-bond acceptors (Lipinski definition) is 5. The van der Waals surface area contributed by atoms with Crippen LogP contribution in [0.3, 0.4) is 0 Å². The van der Waals surface area contributed by atoms with Crippen LogP contribution in [0, 0.1) is 11.3 Å². The summed E-state index contributed by atoms with van der Waals surface area (Å²) in [5, 5.41) is 2.84. The Morgan fingerprint density at radius 3 is 2.38 bits per heavy atom. The molecule has 4 amide bonds. The average molecular weight is 408 g/mol. The molecule has 2 atom stereocenters. The molecule has 2 heterocycles. The number of nitrogens with one attached hydrogen (secondary N) is 1. The molecule has 29 heavy (non-hydrogen) atoms. The molecule has 8 nitrogen and oxygen atoms in total. The van der Waals surface area contributed by atoms with Crippen molar-refractivity contribution in [1.29, 1.82) is 0 Å². The van der Waals surface area contributed by atoms with E-state index in [1.54, 1.807) is 4.90 Å². The van der Waals surface area contributed by atoms with Gasteiger partial charge in [-0.3, -0.25) is 19.3 Å². The molecule has 162 valence electrons. The lowest BCUT2D eigenvalue weighted by Crippen LogP contribution is -2.54. The lowest BCUT2D eigenvalue weighted by molar-refractivity contribution is -0.154. The van der Waals surface area contributed by atoms with Crippen LogP contribution in [0.5, 0.6) is 0 Å². The van der Waals surface area contributed by atoms with E-state index in [1.807, 2.05) is 0 Å². The van der Waals surface area contributed by atoms with Gasteiger partial charge in [0, 0.05) is 13.1 Å². The van der Waals surface area contributed by atoms with Crippen molar-refractivity contribution >= 4 is 23.8 Å². The first kappa shape index (κ1) is 21.6. The van der Waals surface area contributed by atoms with Gasteiger partial charge in [0.2, 0.25) is 0 Å². The minimum Gasteiger partial charge on any atom is -0.454 e. The summed E-state index contributed by atoms with van der Waals surface area (Å²) in [5.41, 5.74) is -1.02. The van der Waals surface area contributed by atoms with Crippen molar-refractivity contribution in [2.45, 2.75) is 71.3 Å². The molecule has 3 rings (SSSR count). The highest BCUT2D eigenvalue weighted by atomic mass is 16.5. The molecule has 0 radical (unpaired) electrons. The molecule has 0 aromatic carbocycles. The molecule has 1 aliphatic carbocycles. The van der Waals surface area contributed by atoms with E-state index in [-0.39, 0.29) is 23.8 Å². The van der Waals surface area contributed by atoms with Crippen molar-refractivity contribution in [2.24, 2.45) is 11.3 Å². The number of rotatable bonds is 4. The maximum Gasteiger partial charge on any atom is 0.326 e. The zero-order valence-corrected chi connectivity index (χ0v) is 17.8. The van der Waals surface area contributed by atoms with Gasteiger partial charge in [-0.1, -0.05) is 33.6 Å². The van der Waals surface area contributed by atoms with Crippen molar-refractivity contribution in [3.8, 4) is 0 Å². The number of urea groups is 1. The highest BCUT2D eigenvalue weighted by Gasteiger charge is 2.56. The van der Waals surface area contributed by atoms with Crippen molar-refractivity contribution < 1.29 is 23.9 Å². The third kappa shape index (κ3) is 4.90. The molecule has 1 saturated carbocycles. The largest absolute Gasteiger partial charge is 0.454 e. The van der Waals surface area contributed by atoms with Crippen molar-refractivity contribution in [3.05, 3.63) is 0 Å². The molecule has 0 bridgehead atoms. The Bertz CT molecular complexity index is 684. The molecule has 1 N–H and O–H groups in total. The number of esters is 1. The third-order valence-electron chi connectivity index (χ3n) is 6.23. The molecule has 3 aliphatic rings. The number of ether oxygens (including phenoxy) is 1. The second-order valence-electron chi connectivity index (χ2n) is 9.71. The SMILES string of the molecule is CC1CC(C)(C)CC2(C1)NC(=O)N(CC(=O)OCC(=O)N1CCCCCC1)C2=O. The first-order valence-corrected chi connectivity index (χ1v) is 10.7. The van der Waals surface area contributed by atoms with Crippen LogP contribution in [0.4, 0.5) is 4.79 Å². The van der Waals surface area contributed by atoms with E-state index in [0.29, 0.717) is 31.8 Å². The first-order chi connectivity index (χ1) is 13.6. The summed E-state index contributed by atoms with van der Waals surface area (Å²) in [5.74, 6) is -1.03. The van der Waals surface area contributed by atoms with Crippen LogP contribution in [0.1, 0.15) is 65.7 Å². The minimum atomic E-state index is -0.944. The molecular formula is C21H33N3O5. The van der Waals surface area contributed by atoms with Crippen LogP contribution >= 0.6 is 0 Å². The molecule has 2 unspecified atom stereocenters. The maximum absolute atomic E-state index is 13.0. The molecule has 0 aromatic rings. The van der Waals surface area contributed by atoms with Gasteiger partial charge in [0.25, 0.3) is 11.8 Å². The number of imide groups is 1. The van der Waals surface area contributed by atoms with Crippen molar-refractivity contribution in [1.82, 2.24) is 15.1 Å². The monoisotopic (exact) mass is 407 g/mol. The number of hydrogen-bond donors (Lipinski definition) is 1. The summed E-state index contributed by atoms with van der Waals surface area (Å²) >= 11 is 0. The van der Waals surface area contributed by atoms with E-state index in [1.165, 1.54) is 0 Å². The Labute approximate surface area is 172 Å². The van der Waals surface area contributed by atoms with Gasteiger partial charge in [0.05, 0.1) is 0 Å². The van der Waals surface area contributed by atoms with Gasteiger partial charge in [0.1, 0.15) is 12.1 Å². The fraction of sp³-hybridized carbons (Fsp3) is 0.810. The van der Waals surface area contributed by atoms with E-state index < -0.39 is 24.1 Å².